The summed E-state index contributed by atoms with van der Waals surface area (Å²) in [4.78, 5) is 20.9. The molecule has 10 heteroatoms. The number of nitrogens with one attached hydrogen (secondary N) is 1. The number of hydrogen-bond acceptors (Lipinski definition) is 3. The molecule has 4 nitrogen and oxygen atoms in total. The van der Waals surface area contributed by atoms with E-state index in [1.165, 1.54) is 6.20 Å². The van der Waals surface area contributed by atoms with Gasteiger partial charge in [-0.3, -0.25) is 14.8 Å². The van der Waals surface area contributed by atoms with E-state index in [-0.39, 0.29) is 17.5 Å². The molecule has 0 radical (unpaired) electrons. The molecule has 0 saturated carbocycles. The fourth-order valence-corrected chi connectivity index (χ4v) is 4.03. The summed E-state index contributed by atoms with van der Waals surface area (Å²) in [7, 11) is 0. The molecule has 1 aromatic heterocycles. The molecule has 0 unspecified atom stereocenters. The maximum atomic E-state index is 13.4. The Labute approximate surface area is 167 Å². The van der Waals surface area contributed by atoms with E-state index in [1.807, 2.05) is 0 Å². The molecule has 1 amide bonds. The van der Waals surface area contributed by atoms with E-state index in [0.717, 1.165) is 25.1 Å². The van der Waals surface area contributed by atoms with E-state index >= 15 is 0 Å². The molecule has 2 atom stereocenters. The van der Waals surface area contributed by atoms with Crippen molar-refractivity contribution in [2.75, 3.05) is 0 Å². The first kappa shape index (κ1) is 20.4. The van der Waals surface area contributed by atoms with E-state index in [0.29, 0.717) is 17.7 Å². The summed E-state index contributed by atoms with van der Waals surface area (Å²) in [5.41, 5.74) is -1.42. The third kappa shape index (κ3) is 3.05. The van der Waals surface area contributed by atoms with Crippen molar-refractivity contribution in [2.24, 2.45) is 4.99 Å². The Morgan fingerprint density at radius 1 is 1.13 bits per heavy atom. The fourth-order valence-electron chi connectivity index (χ4n) is 4.03. The average molecular weight is 427 g/mol. The van der Waals surface area contributed by atoms with Crippen molar-refractivity contribution in [2.45, 2.75) is 43.6 Å². The van der Waals surface area contributed by atoms with Crippen LogP contribution in [0.1, 0.15) is 41.3 Å². The summed E-state index contributed by atoms with van der Waals surface area (Å²) in [6.07, 6.45) is -7.32. The van der Waals surface area contributed by atoms with Gasteiger partial charge in [-0.1, -0.05) is 12.1 Å². The lowest BCUT2D eigenvalue weighted by molar-refractivity contribution is -0.143. The van der Waals surface area contributed by atoms with Crippen molar-refractivity contribution in [3.05, 3.63) is 64.5 Å². The standard InChI is InChI=1S/C20H15F6N3O/c1-10(19(21,22)23)28-16-12-5-4-11(20(24,25)26)9-14(12)18(17(30)29-16)7-6-15-13(18)3-2-8-27-15/h2-5,8-10H,6-7H2,1H3,(H,28,29,30)/t10-,18+/m1/s1. The summed E-state index contributed by atoms with van der Waals surface area (Å²) >= 11 is 0. The number of rotatable bonds is 1. The number of halogens is 6. The van der Waals surface area contributed by atoms with E-state index in [1.54, 1.807) is 12.1 Å². The van der Waals surface area contributed by atoms with Gasteiger partial charge in [0.2, 0.25) is 5.91 Å². The molecule has 2 aromatic rings. The first-order valence-electron chi connectivity index (χ1n) is 9.07. The fraction of sp³-hybridized carbons (Fsp3) is 0.350. The maximum absolute atomic E-state index is 13.4. The maximum Gasteiger partial charge on any atom is 0.416 e. The zero-order valence-corrected chi connectivity index (χ0v) is 15.5. The van der Waals surface area contributed by atoms with Crippen LogP contribution in [0.15, 0.2) is 41.5 Å². The van der Waals surface area contributed by atoms with Crippen LogP contribution < -0.4 is 5.32 Å². The Morgan fingerprint density at radius 3 is 2.53 bits per heavy atom. The Hall–Kier alpha value is -2.91. The van der Waals surface area contributed by atoms with Gasteiger partial charge in [0.15, 0.2) is 0 Å². The second kappa shape index (κ2) is 6.55. The number of aromatic nitrogens is 1. The topological polar surface area (TPSA) is 54.4 Å². The minimum Gasteiger partial charge on any atom is -0.309 e. The van der Waals surface area contributed by atoms with Crippen molar-refractivity contribution < 1.29 is 31.1 Å². The highest BCUT2D eigenvalue weighted by molar-refractivity contribution is 6.17. The number of alkyl halides is 6. The van der Waals surface area contributed by atoms with E-state index in [2.05, 4.69) is 15.3 Å². The van der Waals surface area contributed by atoms with Gasteiger partial charge in [0.1, 0.15) is 17.3 Å². The van der Waals surface area contributed by atoms with Gasteiger partial charge in [0.25, 0.3) is 0 Å². The van der Waals surface area contributed by atoms with E-state index in [9.17, 15) is 31.1 Å². The van der Waals surface area contributed by atoms with Gasteiger partial charge < -0.3 is 5.32 Å². The number of fused-ring (bicyclic) bond motifs is 4. The molecule has 1 spiro atoms. The van der Waals surface area contributed by atoms with Crippen LogP contribution in [0.25, 0.3) is 0 Å². The summed E-state index contributed by atoms with van der Waals surface area (Å²) < 4.78 is 79.2. The highest BCUT2D eigenvalue weighted by Crippen LogP contribution is 2.48. The molecule has 1 aromatic carbocycles. The van der Waals surface area contributed by atoms with Crippen molar-refractivity contribution in [3.63, 3.8) is 0 Å². The number of aryl methyl sites for hydroxylation is 1. The Morgan fingerprint density at radius 2 is 1.87 bits per heavy atom. The lowest BCUT2D eigenvalue weighted by Crippen LogP contribution is -2.52. The number of aliphatic imine (C=N–C) groups is 1. The van der Waals surface area contributed by atoms with Crippen LogP contribution in [-0.2, 0) is 22.8 Å². The quantitative estimate of drug-likeness (QED) is 0.695. The van der Waals surface area contributed by atoms with Crippen molar-refractivity contribution in [3.8, 4) is 0 Å². The van der Waals surface area contributed by atoms with Gasteiger partial charge in [-0.2, -0.15) is 26.3 Å². The molecule has 2 aliphatic rings. The van der Waals surface area contributed by atoms with Crippen molar-refractivity contribution in [1.29, 1.82) is 0 Å². The van der Waals surface area contributed by atoms with Gasteiger partial charge in [0, 0.05) is 17.5 Å². The Bertz CT molecular complexity index is 1060. The number of hydrogen-bond donors (Lipinski definition) is 1. The number of carbonyl (C=O) groups is 1. The molecule has 4 rings (SSSR count). The number of benzene rings is 1. The molecule has 0 fully saturated rings. The van der Waals surface area contributed by atoms with Gasteiger partial charge in [-0.25, -0.2) is 0 Å². The molecule has 1 aliphatic heterocycles. The van der Waals surface area contributed by atoms with Gasteiger partial charge >= 0.3 is 12.4 Å². The highest BCUT2D eigenvalue weighted by Gasteiger charge is 2.52. The van der Waals surface area contributed by atoms with Crippen LogP contribution >= 0.6 is 0 Å². The SMILES string of the molecule is C[C@@H](N=C1NC(=O)[C@]2(CCc3ncccc32)c2cc(C(F)(F)F)ccc21)C(F)(F)F. The van der Waals surface area contributed by atoms with Crippen molar-refractivity contribution >= 4 is 11.7 Å². The number of nitrogens with zero attached hydrogens (tertiary/aromatic N) is 2. The largest absolute Gasteiger partial charge is 0.416 e. The summed E-state index contributed by atoms with van der Waals surface area (Å²) in [5, 5.41) is 2.41. The number of carbonyl (C=O) groups excluding carboxylic acids is 1. The molecule has 1 N–H and O–H groups in total. The molecular formula is C20H15F6N3O. The minimum atomic E-state index is -4.68. The van der Waals surface area contributed by atoms with Crippen LogP contribution in [0.4, 0.5) is 26.3 Å². The summed E-state index contributed by atoms with van der Waals surface area (Å²) in [5.74, 6) is -1.11. The molecule has 2 heterocycles. The predicted octanol–water partition coefficient (Wildman–Crippen LogP) is 4.16. The second-order valence-corrected chi connectivity index (χ2v) is 7.31. The van der Waals surface area contributed by atoms with Crippen molar-refractivity contribution in [1.82, 2.24) is 10.3 Å². The second-order valence-electron chi connectivity index (χ2n) is 7.31. The third-order valence-corrected chi connectivity index (χ3v) is 5.56. The number of amides is 1. The van der Waals surface area contributed by atoms with E-state index < -0.39 is 41.1 Å². The molecule has 0 saturated heterocycles. The Balaban J connectivity index is 1.98. The number of amidine groups is 1. The lowest BCUT2D eigenvalue weighted by Gasteiger charge is -2.36. The lowest BCUT2D eigenvalue weighted by atomic mass is 9.70. The first-order valence-corrected chi connectivity index (χ1v) is 9.07. The first-order chi connectivity index (χ1) is 13.9. The Kier molecular flexibility index (Phi) is 4.44. The number of pyridine rings is 1. The summed E-state index contributed by atoms with van der Waals surface area (Å²) in [6, 6.07) is 3.71. The van der Waals surface area contributed by atoms with Crippen LogP contribution in [0.5, 0.6) is 0 Å². The molecule has 30 heavy (non-hydrogen) atoms. The molecular weight excluding hydrogens is 412 g/mol. The predicted molar refractivity (Wildman–Crippen MR) is 95.0 cm³/mol. The highest BCUT2D eigenvalue weighted by atomic mass is 19.4. The van der Waals surface area contributed by atoms with Gasteiger partial charge in [-0.15, -0.1) is 0 Å². The van der Waals surface area contributed by atoms with Gasteiger partial charge in [-0.05, 0) is 49.1 Å². The zero-order chi connectivity index (χ0) is 21.9. The van der Waals surface area contributed by atoms with Crippen LogP contribution in [0.2, 0.25) is 0 Å². The van der Waals surface area contributed by atoms with E-state index in [4.69, 9.17) is 0 Å². The molecule has 1 aliphatic carbocycles. The van der Waals surface area contributed by atoms with Crippen LogP contribution in [0, 0.1) is 0 Å². The molecule has 158 valence electrons. The average Bonchev–Trinajstić information content (AvgIpc) is 3.05. The normalized spacial score (nSPS) is 23.3. The minimum absolute atomic E-state index is 0.0130. The van der Waals surface area contributed by atoms with Gasteiger partial charge in [0.05, 0.1) is 5.56 Å². The zero-order valence-electron chi connectivity index (χ0n) is 15.5. The monoisotopic (exact) mass is 427 g/mol. The van der Waals surface area contributed by atoms with Crippen LogP contribution in [-0.4, -0.2) is 28.9 Å². The summed E-state index contributed by atoms with van der Waals surface area (Å²) in [6.45, 7) is 0.808. The third-order valence-electron chi connectivity index (χ3n) is 5.56. The molecule has 0 bridgehead atoms. The van der Waals surface area contributed by atoms with Crippen LogP contribution in [0.3, 0.4) is 0 Å². The smallest absolute Gasteiger partial charge is 0.309 e.